The smallest absolute Gasteiger partial charge is 0.338 e. The monoisotopic (exact) mass is 1100 g/mol. The molecule has 0 aromatic heterocycles. The Morgan fingerprint density at radius 3 is 1.40 bits per heavy atom. The highest BCUT2D eigenvalue weighted by Gasteiger charge is 2.82. The summed E-state index contributed by atoms with van der Waals surface area (Å²) in [6.07, 6.45) is -18.8. The summed E-state index contributed by atoms with van der Waals surface area (Å²) in [6.45, 7) is -1.97. The van der Waals surface area contributed by atoms with E-state index < -0.39 is 131 Å². The summed E-state index contributed by atoms with van der Waals surface area (Å²) < 4.78 is 43.9. The van der Waals surface area contributed by atoms with Gasteiger partial charge in [0, 0.05) is 45.2 Å². The van der Waals surface area contributed by atoms with Crippen molar-refractivity contribution < 1.29 is 82.4 Å². The molecule has 2 fully saturated rings. The van der Waals surface area contributed by atoms with E-state index in [1.165, 1.54) is 133 Å². The quantitative estimate of drug-likeness (QED) is 0.0135. The Hall–Kier alpha value is -8.80. The molecule has 11 atom stereocenters. The summed E-state index contributed by atoms with van der Waals surface area (Å²) in [5.41, 5.74) is 3.55. The van der Waals surface area contributed by atoms with Crippen molar-refractivity contribution in [1.82, 2.24) is 0 Å². The van der Waals surface area contributed by atoms with Crippen LogP contribution in [0.25, 0.3) is 20.9 Å². The van der Waals surface area contributed by atoms with E-state index in [0.717, 1.165) is 36.4 Å². The minimum atomic E-state index is -4.35. The molecule has 8 rings (SSSR count). The highest BCUT2D eigenvalue weighted by molar-refractivity contribution is 6.19. The number of rotatable bonds is 24. The molecule has 2 heterocycles. The van der Waals surface area contributed by atoms with Crippen molar-refractivity contribution in [1.29, 1.82) is 0 Å². The van der Waals surface area contributed by atoms with Crippen molar-refractivity contribution >= 4 is 35.1 Å². The fourth-order valence-electron chi connectivity index (χ4n) is 9.52. The SMILES string of the molecule is [N-]=[N+]=NCCOC[C@H]1O[C@H](OCCN=[N+]=[N-])[C@@H](OC(=O)c2ccccc2)[C@@H](O[C@@H]2O[C@H](C(O)C(=O)c3ccccc3)[C@](O)(C(=O)c3ccccc3)[C@@](O)(C(=O)c3ccccc3)[C@@]2(O)C(=O)c2ccccc2)[C@@H]1OC(=O)c1ccccc1. The topological polar surface area (TPSA) is 345 Å². The van der Waals surface area contributed by atoms with Crippen LogP contribution < -0.4 is 0 Å². The van der Waals surface area contributed by atoms with E-state index in [1.54, 1.807) is 12.1 Å². The molecule has 4 N–H and O–H groups in total. The van der Waals surface area contributed by atoms with Gasteiger partial charge in [-0.2, -0.15) is 0 Å². The molecular weight excluding hydrogens is 1050 g/mol. The number of carbonyl (C=O) groups is 6. The zero-order chi connectivity index (χ0) is 57.6. The number of esters is 2. The van der Waals surface area contributed by atoms with Crippen LogP contribution in [0.3, 0.4) is 0 Å². The van der Waals surface area contributed by atoms with Crippen molar-refractivity contribution in [2.45, 2.75) is 66.0 Å². The molecular formula is C58H52N6O17. The Balaban J connectivity index is 1.43. The fraction of sp³-hybridized carbons (Fsp3) is 0.276. The number of carbonyl (C=O) groups excluding carboxylic acids is 6. The van der Waals surface area contributed by atoms with Gasteiger partial charge in [0.1, 0.15) is 24.4 Å². The van der Waals surface area contributed by atoms with Crippen LogP contribution in [0.4, 0.5) is 0 Å². The number of nitrogens with zero attached hydrogens (tertiary/aromatic N) is 6. The third kappa shape index (κ3) is 12.1. The number of hydrogen-bond donors (Lipinski definition) is 4. The van der Waals surface area contributed by atoms with E-state index in [2.05, 4.69) is 20.1 Å². The van der Waals surface area contributed by atoms with Crippen molar-refractivity contribution in [2.75, 3.05) is 32.9 Å². The van der Waals surface area contributed by atoms with Crippen LogP contribution in [-0.2, 0) is 33.2 Å². The molecule has 1 unspecified atom stereocenters. The maximum atomic E-state index is 15.9. The lowest BCUT2D eigenvalue weighted by atomic mass is 9.57. The van der Waals surface area contributed by atoms with Crippen molar-refractivity contribution in [3.05, 3.63) is 236 Å². The highest BCUT2D eigenvalue weighted by Crippen LogP contribution is 2.52. The standard InChI is InChI=1S/C58H52N6O17/c59-63-61-31-33-75-35-42-45(78-52(70)40-27-15-5-16-28-40)46(47(54(77-42)76-34-32-62-64-60)79-53(71)41-29-17-6-18-30-41)80-55-57(73,49(68)38-23-11-3-12-24-38)58(74,50(69)39-25-13-4-14-26-39)56(72,48(67)37-21-9-2-10-22-37)51(81-55)44(66)43(65)36-19-7-1-8-20-36/h1-30,42,44-47,51,54-55,66,72-74H,31-35H2/t42-,44?,45-,46+,47+,51-,54+,55-,56-,57-,58+/m1/s1. The Morgan fingerprint density at radius 1 is 0.519 bits per heavy atom. The molecule has 2 aliphatic heterocycles. The summed E-state index contributed by atoms with van der Waals surface area (Å²) in [4.78, 5) is 96.2. The predicted molar refractivity (Wildman–Crippen MR) is 282 cm³/mol. The average Bonchev–Trinajstić information content (AvgIpc) is 3.69. The zero-order valence-corrected chi connectivity index (χ0v) is 42.8. The molecule has 6 aromatic rings. The summed E-state index contributed by atoms with van der Waals surface area (Å²) in [7, 11) is 0. The van der Waals surface area contributed by atoms with Gasteiger partial charge >= 0.3 is 11.9 Å². The van der Waals surface area contributed by atoms with Gasteiger partial charge in [-0.15, -0.1) is 0 Å². The van der Waals surface area contributed by atoms with Gasteiger partial charge in [0.2, 0.25) is 28.6 Å². The van der Waals surface area contributed by atoms with E-state index in [0.29, 0.717) is 0 Å². The first-order chi connectivity index (χ1) is 39.2. The molecule has 0 bridgehead atoms. The normalized spacial score (nSPS) is 25.4. The second-order valence-corrected chi connectivity index (χ2v) is 18.4. The molecule has 23 heteroatoms. The summed E-state index contributed by atoms with van der Waals surface area (Å²) >= 11 is 0. The van der Waals surface area contributed by atoms with Gasteiger partial charge in [-0.25, -0.2) is 9.59 Å². The lowest BCUT2D eigenvalue weighted by molar-refractivity contribution is -0.391. The Bertz CT molecular complexity index is 3270. The summed E-state index contributed by atoms with van der Waals surface area (Å²) in [5.74, 6) is -8.59. The maximum Gasteiger partial charge on any atom is 0.338 e. The van der Waals surface area contributed by atoms with Gasteiger partial charge in [0.25, 0.3) is 0 Å². The minimum Gasteiger partial charge on any atom is -0.453 e. The van der Waals surface area contributed by atoms with Crippen molar-refractivity contribution in [3.63, 3.8) is 0 Å². The van der Waals surface area contributed by atoms with Gasteiger partial charge in [0.05, 0.1) is 30.9 Å². The van der Waals surface area contributed by atoms with Crippen LogP contribution in [0.15, 0.2) is 192 Å². The molecule has 23 nitrogen and oxygen atoms in total. The van der Waals surface area contributed by atoms with Crippen molar-refractivity contribution in [3.8, 4) is 0 Å². The molecule has 0 radical (unpaired) electrons. The van der Waals surface area contributed by atoms with Crippen LogP contribution in [0.1, 0.15) is 62.1 Å². The van der Waals surface area contributed by atoms with Gasteiger partial charge in [-0.1, -0.05) is 168 Å². The van der Waals surface area contributed by atoms with E-state index >= 15 is 14.4 Å². The molecule has 0 amide bonds. The summed E-state index contributed by atoms with van der Waals surface area (Å²) in [6, 6.07) is 40.8. The van der Waals surface area contributed by atoms with Gasteiger partial charge in [-0.05, 0) is 35.3 Å². The molecule has 81 heavy (non-hydrogen) atoms. The van der Waals surface area contributed by atoms with Crippen LogP contribution >= 0.6 is 0 Å². The highest BCUT2D eigenvalue weighted by atomic mass is 16.8. The van der Waals surface area contributed by atoms with E-state index in [9.17, 15) is 34.8 Å². The zero-order valence-electron chi connectivity index (χ0n) is 42.8. The number of Topliss-reactive ketones (excluding diaryl/α,β-unsaturated/α-hetero) is 4. The van der Waals surface area contributed by atoms with Gasteiger partial charge in [0.15, 0.2) is 36.2 Å². The second kappa shape index (κ2) is 26.4. The lowest BCUT2D eigenvalue weighted by Crippen LogP contribution is -2.88. The first-order valence-corrected chi connectivity index (χ1v) is 25.1. The number of benzene rings is 6. The lowest BCUT2D eigenvalue weighted by Gasteiger charge is -2.59. The van der Waals surface area contributed by atoms with E-state index in [-0.39, 0.29) is 36.4 Å². The first kappa shape index (κ1) is 58.4. The minimum absolute atomic E-state index is 0.0792. The molecule has 416 valence electrons. The largest absolute Gasteiger partial charge is 0.453 e. The third-order valence-corrected chi connectivity index (χ3v) is 13.5. The molecule has 6 aromatic carbocycles. The fourth-order valence-corrected chi connectivity index (χ4v) is 9.52. The number of aliphatic hydroxyl groups excluding tert-OH is 1. The predicted octanol–water partition coefficient (Wildman–Crippen LogP) is 6.01. The van der Waals surface area contributed by atoms with Crippen molar-refractivity contribution in [2.24, 2.45) is 10.2 Å². The first-order valence-electron chi connectivity index (χ1n) is 25.1. The average molecular weight is 1110 g/mol. The second-order valence-electron chi connectivity index (χ2n) is 18.4. The van der Waals surface area contributed by atoms with Crippen LogP contribution in [0.2, 0.25) is 0 Å². The Morgan fingerprint density at radius 2 is 0.926 bits per heavy atom. The Kier molecular flexibility index (Phi) is 19.0. The van der Waals surface area contributed by atoms with Gasteiger partial charge < -0.3 is 53.6 Å². The third-order valence-electron chi connectivity index (χ3n) is 13.5. The molecule has 2 saturated heterocycles. The maximum absolute atomic E-state index is 15.9. The number of ketones is 4. The molecule has 0 spiro atoms. The number of ether oxygens (including phenoxy) is 7. The summed E-state index contributed by atoms with van der Waals surface area (Å²) in [5, 5.41) is 61.3. The number of azide groups is 2. The van der Waals surface area contributed by atoms with E-state index in [1.807, 2.05) is 0 Å². The van der Waals surface area contributed by atoms with Crippen LogP contribution in [-0.4, -0.2) is 154 Å². The van der Waals surface area contributed by atoms with E-state index in [4.69, 9.17) is 44.2 Å². The Labute approximate surface area is 461 Å². The molecule has 2 aliphatic rings. The van der Waals surface area contributed by atoms with Gasteiger partial charge in [-0.3, -0.25) is 19.2 Å². The van der Waals surface area contributed by atoms with Crippen LogP contribution in [0.5, 0.6) is 0 Å². The molecule has 0 aliphatic carbocycles. The number of aliphatic hydroxyl groups is 4. The number of hydrogen-bond acceptors (Lipinski definition) is 19. The van der Waals surface area contributed by atoms with Crippen LogP contribution in [0, 0.1) is 0 Å². The molecule has 0 saturated carbocycles.